The molecule has 0 bridgehead atoms. The van der Waals surface area contributed by atoms with Gasteiger partial charge in [-0.25, -0.2) is 9.97 Å². The van der Waals surface area contributed by atoms with E-state index < -0.39 is 0 Å². The van der Waals surface area contributed by atoms with Crippen molar-refractivity contribution in [2.75, 3.05) is 24.5 Å². The number of fused-ring (bicyclic) bond motifs is 1. The number of nitrogens with one attached hydrogen (secondary N) is 2. The molecule has 2 N–H and O–H groups in total. The van der Waals surface area contributed by atoms with Gasteiger partial charge in [-0.15, -0.1) is 23.7 Å². The highest BCUT2D eigenvalue weighted by Gasteiger charge is 2.34. The van der Waals surface area contributed by atoms with E-state index in [1.54, 1.807) is 17.7 Å². The Morgan fingerprint density at radius 2 is 2.28 bits per heavy atom. The Balaban J connectivity index is 0.00000182. The molecule has 2 aromatic heterocycles. The number of carbonyl (C=O) groups is 1. The minimum atomic E-state index is -0.128. The van der Waals surface area contributed by atoms with Crippen LogP contribution in [0.15, 0.2) is 17.8 Å². The molecule has 0 aromatic carbocycles. The van der Waals surface area contributed by atoms with Gasteiger partial charge in [0.25, 0.3) is 0 Å². The SMILES string of the molecule is CC1CCNCC1NC(=O)C1CCCN1c1ncnc2sccc12.Cl. The molecule has 25 heavy (non-hydrogen) atoms. The molecule has 2 fully saturated rings. The average molecular weight is 382 g/mol. The lowest BCUT2D eigenvalue weighted by Crippen LogP contribution is -2.54. The van der Waals surface area contributed by atoms with Gasteiger partial charge in [0.1, 0.15) is 23.0 Å². The number of nitrogens with zero attached hydrogens (tertiary/aromatic N) is 3. The first-order valence-electron chi connectivity index (χ1n) is 8.70. The summed E-state index contributed by atoms with van der Waals surface area (Å²) in [6.45, 7) is 5.00. The fourth-order valence-electron chi connectivity index (χ4n) is 3.76. The van der Waals surface area contributed by atoms with Gasteiger partial charge in [0.15, 0.2) is 0 Å². The van der Waals surface area contributed by atoms with E-state index in [0.717, 1.165) is 54.9 Å². The highest BCUT2D eigenvalue weighted by Crippen LogP contribution is 2.31. The van der Waals surface area contributed by atoms with Crippen molar-refractivity contribution in [1.29, 1.82) is 0 Å². The molecule has 2 saturated heterocycles. The number of amides is 1. The Labute approximate surface area is 157 Å². The highest BCUT2D eigenvalue weighted by atomic mass is 35.5. The van der Waals surface area contributed by atoms with E-state index in [-0.39, 0.29) is 30.4 Å². The number of carbonyl (C=O) groups excluding carboxylic acids is 1. The van der Waals surface area contributed by atoms with Gasteiger partial charge in [-0.1, -0.05) is 6.92 Å². The van der Waals surface area contributed by atoms with Crippen molar-refractivity contribution in [2.24, 2.45) is 5.92 Å². The summed E-state index contributed by atoms with van der Waals surface area (Å²) in [5.74, 6) is 1.55. The number of hydrogen-bond donors (Lipinski definition) is 2. The van der Waals surface area contributed by atoms with Crippen molar-refractivity contribution in [3.63, 3.8) is 0 Å². The van der Waals surface area contributed by atoms with Crippen molar-refractivity contribution >= 4 is 45.7 Å². The number of thiophene rings is 1. The standard InChI is InChI=1S/C17H23N5OS.ClH/c1-11-4-6-18-9-13(11)21-16(23)14-3-2-7-22(14)15-12-5-8-24-17(12)20-10-19-15;/h5,8,10-11,13-14,18H,2-4,6-7,9H2,1H3,(H,21,23);1H. The minimum Gasteiger partial charge on any atom is -0.350 e. The first-order valence-corrected chi connectivity index (χ1v) is 9.58. The van der Waals surface area contributed by atoms with Gasteiger partial charge in [-0.3, -0.25) is 4.79 Å². The first kappa shape index (κ1) is 18.4. The number of anilines is 1. The monoisotopic (exact) mass is 381 g/mol. The second kappa shape index (κ2) is 7.85. The van der Waals surface area contributed by atoms with Crippen molar-refractivity contribution in [1.82, 2.24) is 20.6 Å². The Hall–Kier alpha value is -1.44. The van der Waals surface area contributed by atoms with Crippen molar-refractivity contribution in [2.45, 2.75) is 38.3 Å². The normalized spacial score (nSPS) is 26.4. The molecule has 2 aliphatic rings. The molecule has 8 heteroatoms. The van der Waals surface area contributed by atoms with Crippen LogP contribution < -0.4 is 15.5 Å². The predicted molar refractivity (Wildman–Crippen MR) is 104 cm³/mol. The topological polar surface area (TPSA) is 70.2 Å². The van der Waals surface area contributed by atoms with Crippen LogP contribution in [0, 0.1) is 5.92 Å². The molecule has 0 radical (unpaired) electrons. The van der Waals surface area contributed by atoms with E-state index in [1.807, 2.05) is 5.38 Å². The van der Waals surface area contributed by atoms with Gasteiger partial charge in [-0.05, 0) is 43.2 Å². The Morgan fingerprint density at radius 1 is 1.40 bits per heavy atom. The summed E-state index contributed by atoms with van der Waals surface area (Å²) in [6.07, 6.45) is 4.62. The molecule has 6 nitrogen and oxygen atoms in total. The minimum absolute atomic E-state index is 0. The quantitative estimate of drug-likeness (QED) is 0.852. The smallest absolute Gasteiger partial charge is 0.243 e. The van der Waals surface area contributed by atoms with Crippen LogP contribution in [0.1, 0.15) is 26.2 Å². The fraction of sp³-hybridized carbons (Fsp3) is 0.588. The van der Waals surface area contributed by atoms with Gasteiger partial charge in [-0.2, -0.15) is 0 Å². The van der Waals surface area contributed by atoms with Gasteiger partial charge in [0.2, 0.25) is 5.91 Å². The largest absolute Gasteiger partial charge is 0.350 e. The summed E-state index contributed by atoms with van der Waals surface area (Å²) < 4.78 is 0. The van der Waals surface area contributed by atoms with Crippen LogP contribution in [0.2, 0.25) is 0 Å². The van der Waals surface area contributed by atoms with E-state index in [0.29, 0.717) is 5.92 Å². The molecular weight excluding hydrogens is 358 g/mol. The van der Waals surface area contributed by atoms with Crippen molar-refractivity contribution in [3.8, 4) is 0 Å². The average Bonchev–Trinajstić information content (AvgIpc) is 3.25. The van der Waals surface area contributed by atoms with Crippen LogP contribution in [0.4, 0.5) is 5.82 Å². The van der Waals surface area contributed by atoms with Gasteiger partial charge >= 0.3 is 0 Å². The summed E-state index contributed by atoms with van der Waals surface area (Å²) in [6, 6.07) is 2.15. The van der Waals surface area contributed by atoms with Crippen LogP contribution in [-0.2, 0) is 4.79 Å². The maximum Gasteiger partial charge on any atom is 0.243 e. The molecule has 3 unspecified atom stereocenters. The van der Waals surface area contributed by atoms with E-state index in [2.05, 4.69) is 38.5 Å². The van der Waals surface area contributed by atoms with Crippen LogP contribution in [-0.4, -0.2) is 47.6 Å². The number of aromatic nitrogens is 2. The second-order valence-corrected chi connectivity index (χ2v) is 7.67. The zero-order chi connectivity index (χ0) is 16.5. The predicted octanol–water partition coefficient (Wildman–Crippen LogP) is 2.20. The molecule has 3 atom stereocenters. The summed E-state index contributed by atoms with van der Waals surface area (Å²) in [7, 11) is 0. The lowest BCUT2D eigenvalue weighted by atomic mass is 9.94. The number of hydrogen-bond acceptors (Lipinski definition) is 6. The molecule has 2 aliphatic heterocycles. The zero-order valence-corrected chi connectivity index (χ0v) is 15.9. The molecule has 0 aliphatic carbocycles. The Kier molecular flexibility index (Phi) is 5.76. The summed E-state index contributed by atoms with van der Waals surface area (Å²) in [5, 5.41) is 9.73. The van der Waals surface area contributed by atoms with Gasteiger partial charge in [0.05, 0.1) is 5.39 Å². The van der Waals surface area contributed by atoms with Gasteiger partial charge < -0.3 is 15.5 Å². The second-order valence-electron chi connectivity index (χ2n) is 6.77. The van der Waals surface area contributed by atoms with E-state index in [9.17, 15) is 4.79 Å². The summed E-state index contributed by atoms with van der Waals surface area (Å²) in [5.41, 5.74) is 0. The molecule has 0 saturated carbocycles. The molecule has 4 heterocycles. The van der Waals surface area contributed by atoms with E-state index >= 15 is 0 Å². The molecule has 4 rings (SSSR count). The summed E-state index contributed by atoms with van der Waals surface area (Å²) in [4.78, 5) is 24.8. The zero-order valence-electron chi connectivity index (χ0n) is 14.3. The van der Waals surface area contributed by atoms with E-state index in [1.165, 1.54) is 0 Å². The molecule has 0 spiro atoms. The lowest BCUT2D eigenvalue weighted by Gasteiger charge is -2.33. The maximum absolute atomic E-state index is 12.9. The molecule has 2 aromatic rings. The van der Waals surface area contributed by atoms with Gasteiger partial charge in [0, 0.05) is 19.1 Å². The highest BCUT2D eigenvalue weighted by molar-refractivity contribution is 7.16. The van der Waals surface area contributed by atoms with Crippen LogP contribution in [0.3, 0.4) is 0 Å². The number of piperidine rings is 1. The molecule has 136 valence electrons. The first-order chi connectivity index (χ1) is 11.7. The Morgan fingerprint density at radius 3 is 3.12 bits per heavy atom. The molecule has 1 amide bonds. The van der Waals surface area contributed by atoms with Crippen molar-refractivity contribution in [3.05, 3.63) is 17.8 Å². The lowest BCUT2D eigenvalue weighted by molar-refractivity contribution is -0.123. The third-order valence-electron chi connectivity index (χ3n) is 5.22. The van der Waals surface area contributed by atoms with Crippen LogP contribution >= 0.6 is 23.7 Å². The fourth-order valence-corrected chi connectivity index (χ4v) is 4.49. The van der Waals surface area contributed by atoms with Crippen molar-refractivity contribution < 1.29 is 4.79 Å². The number of rotatable bonds is 3. The van der Waals surface area contributed by atoms with Crippen LogP contribution in [0.25, 0.3) is 10.2 Å². The molecular formula is C17H24ClN5OS. The summed E-state index contributed by atoms with van der Waals surface area (Å²) >= 11 is 1.61. The Bertz CT molecular complexity index is 739. The third kappa shape index (κ3) is 3.59. The third-order valence-corrected chi connectivity index (χ3v) is 6.04. The number of halogens is 1. The maximum atomic E-state index is 12.9. The van der Waals surface area contributed by atoms with Crippen LogP contribution in [0.5, 0.6) is 0 Å². The van der Waals surface area contributed by atoms with E-state index in [4.69, 9.17) is 0 Å².